The fourth-order valence-corrected chi connectivity index (χ4v) is 3.17. The molecule has 9 heteroatoms. The number of amides is 2. The molecule has 1 aliphatic carbocycles. The van der Waals surface area contributed by atoms with Gasteiger partial charge >= 0.3 is 6.03 Å². The van der Waals surface area contributed by atoms with Gasteiger partial charge in [0.05, 0.1) is 12.0 Å². The molecular formula is C21H18F2N4O3. The van der Waals surface area contributed by atoms with Crippen molar-refractivity contribution in [3.05, 3.63) is 84.2 Å². The predicted molar refractivity (Wildman–Crippen MR) is 104 cm³/mol. The van der Waals surface area contributed by atoms with Gasteiger partial charge in [-0.25, -0.2) is 23.5 Å². The highest BCUT2D eigenvalue weighted by molar-refractivity contribution is 5.89. The van der Waals surface area contributed by atoms with E-state index >= 15 is 0 Å². The molecule has 2 fully saturated rings. The van der Waals surface area contributed by atoms with Crippen molar-refractivity contribution in [2.45, 2.75) is 19.1 Å². The highest BCUT2D eigenvalue weighted by Crippen LogP contribution is 2.50. The molecule has 30 heavy (non-hydrogen) atoms. The highest BCUT2D eigenvalue weighted by Gasteiger charge is 2.60. The first-order valence-electron chi connectivity index (χ1n) is 9.13. The van der Waals surface area contributed by atoms with E-state index in [1.165, 1.54) is 12.4 Å². The van der Waals surface area contributed by atoms with Gasteiger partial charge in [0.15, 0.2) is 11.6 Å². The van der Waals surface area contributed by atoms with Crippen molar-refractivity contribution in [2.75, 3.05) is 5.32 Å². The van der Waals surface area contributed by atoms with Crippen molar-refractivity contribution < 1.29 is 23.0 Å². The summed E-state index contributed by atoms with van der Waals surface area (Å²) in [6, 6.07) is 4.02. The summed E-state index contributed by atoms with van der Waals surface area (Å²) in [6.45, 7) is 5.82. The predicted octanol–water partition coefficient (Wildman–Crippen LogP) is 3.70. The van der Waals surface area contributed by atoms with Crippen LogP contribution in [0.2, 0.25) is 0 Å². The third-order valence-corrected chi connectivity index (χ3v) is 4.70. The second-order valence-electron chi connectivity index (χ2n) is 6.84. The van der Waals surface area contributed by atoms with Crippen LogP contribution in [0.4, 0.5) is 19.3 Å². The van der Waals surface area contributed by atoms with E-state index in [4.69, 9.17) is 9.47 Å². The molecule has 2 amide bonds. The zero-order valence-corrected chi connectivity index (χ0v) is 15.9. The largest absolute Gasteiger partial charge is 0.487 e. The van der Waals surface area contributed by atoms with Crippen molar-refractivity contribution in [2.24, 2.45) is 5.92 Å². The van der Waals surface area contributed by atoms with E-state index in [0.717, 1.165) is 17.7 Å². The number of halogens is 2. The zero-order valence-electron chi connectivity index (χ0n) is 15.9. The van der Waals surface area contributed by atoms with Crippen LogP contribution in [0.15, 0.2) is 72.6 Å². The van der Waals surface area contributed by atoms with E-state index in [1.807, 2.05) is 0 Å². The summed E-state index contributed by atoms with van der Waals surface area (Å²) >= 11 is 0. The molecule has 2 aliphatic rings. The fraction of sp³-hybridized carbons (Fsp3) is 0.190. The van der Waals surface area contributed by atoms with Gasteiger partial charge in [0.1, 0.15) is 23.9 Å². The minimum atomic E-state index is -1.03. The average molecular weight is 412 g/mol. The van der Waals surface area contributed by atoms with Gasteiger partial charge in [-0.2, -0.15) is 0 Å². The number of nitrogens with one attached hydrogen (secondary N) is 2. The minimum absolute atomic E-state index is 0.0385. The fourth-order valence-electron chi connectivity index (χ4n) is 3.17. The normalized spacial score (nSPS) is 23.6. The number of aromatic nitrogens is 2. The van der Waals surface area contributed by atoms with Crippen LogP contribution in [-0.2, 0) is 4.74 Å². The molecule has 7 nitrogen and oxygen atoms in total. The zero-order chi connectivity index (χ0) is 21.3. The number of rotatable bonds is 5. The van der Waals surface area contributed by atoms with Crippen LogP contribution in [0.1, 0.15) is 6.92 Å². The molecule has 1 aromatic heterocycles. The number of nitrogens with zero attached hydrogens (tertiary/aromatic N) is 2. The second kappa shape index (κ2) is 7.94. The molecule has 4 rings (SSSR count). The number of anilines is 1. The van der Waals surface area contributed by atoms with E-state index < -0.39 is 17.7 Å². The summed E-state index contributed by atoms with van der Waals surface area (Å²) < 4.78 is 37.6. The van der Waals surface area contributed by atoms with E-state index in [9.17, 15) is 13.6 Å². The van der Waals surface area contributed by atoms with Crippen LogP contribution in [0.3, 0.4) is 0 Å². The molecule has 154 valence electrons. The van der Waals surface area contributed by atoms with Crippen LogP contribution in [-0.4, -0.2) is 28.1 Å². The average Bonchev–Trinajstić information content (AvgIpc) is 3.27. The lowest BCUT2D eigenvalue weighted by atomic mass is 10.1. The first-order valence-corrected chi connectivity index (χ1v) is 9.13. The van der Waals surface area contributed by atoms with Crippen molar-refractivity contribution in [1.82, 2.24) is 15.3 Å². The summed E-state index contributed by atoms with van der Waals surface area (Å²) in [5.74, 6) is -0.387. The molecular weight excluding hydrogens is 394 g/mol. The Balaban J connectivity index is 1.30. The van der Waals surface area contributed by atoms with Crippen molar-refractivity contribution in [3.8, 4) is 5.88 Å². The van der Waals surface area contributed by atoms with Crippen molar-refractivity contribution in [1.29, 1.82) is 0 Å². The Labute approximate surface area is 171 Å². The lowest BCUT2D eigenvalue weighted by molar-refractivity contribution is 0.210. The number of ether oxygens (including phenoxy) is 2. The van der Waals surface area contributed by atoms with E-state index in [-0.39, 0.29) is 23.8 Å². The lowest BCUT2D eigenvalue weighted by Gasteiger charge is -2.12. The Morgan fingerprint density at radius 3 is 2.80 bits per heavy atom. The summed E-state index contributed by atoms with van der Waals surface area (Å²) in [5.41, 5.74) is 0.922. The van der Waals surface area contributed by atoms with E-state index in [2.05, 4.69) is 27.2 Å². The third-order valence-electron chi connectivity index (χ3n) is 4.70. The summed E-state index contributed by atoms with van der Waals surface area (Å²) in [6.07, 6.45) is 6.26. The molecule has 0 bridgehead atoms. The Morgan fingerprint density at radius 2 is 2.13 bits per heavy atom. The van der Waals surface area contributed by atoms with Gasteiger partial charge in [0.25, 0.3) is 0 Å². The summed E-state index contributed by atoms with van der Waals surface area (Å²) in [4.78, 5) is 19.9. The van der Waals surface area contributed by atoms with Crippen molar-refractivity contribution >= 4 is 11.7 Å². The van der Waals surface area contributed by atoms with Gasteiger partial charge in [-0.15, -0.1) is 0 Å². The maximum atomic E-state index is 13.2. The molecule has 0 radical (unpaired) electrons. The van der Waals surface area contributed by atoms with Crippen LogP contribution < -0.4 is 15.4 Å². The Bertz CT molecular complexity index is 1060. The topological polar surface area (TPSA) is 85.4 Å². The maximum absolute atomic E-state index is 13.2. The van der Waals surface area contributed by atoms with Gasteiger partial charge < -0.3 is 20.1 Å². The molecule has 2 aromatic rings. The first kappa shape index (κ1) is 19.6. The van der Waals surface area contributed by atoms with Crippen LogP contribution in [0.5, 0.6) is 5.88 Å². The Morgan fingerprint density at radius 1 is 1.30 bits per heavy atom. The highest BCUT2D eigenvalue weighted by atomic mass is 19.2. The molecule has 1 aliphatic heterocycles. The molecule has 3 atom stereocenters. The lowest BCUT2D eigenvalue weighted by Crippen LogP contribution is -2.34. The standard InChI is InChI=1S/C21H18F2N4O3/c1-11(29-17-7-8-24-10-25-17)3-6-16-12(2)18-19(20(18)30-16)27-21(28)26-13-4-5-14(22)15(23)9-13/h3-10,18-20H,2H2,1H3,(H2,26,27,28)/b11-3+,16-6+/t18-,19-,20-/m0/s1. The van der Waals surface area contributed by atoms with Crippen molar-refractivity contribution in [3.63, 3.8) is 0 Å². The van der Waals surface area contributed by atoms with Crippen LogP contribution in [0, 0.1) is 17.6 Å². The van der Waals surface area contributed by atoms with Gasteiger partial charge in [0, 0.05) is 24.0 Å². The molecule has 2 heterocycles. The minimum Gasteiger partial charge on any atom is -0.487 e. The van der Waals surface area contributed by atoms with E-state index in [1.54, 1.807) is 31.3 Å². The number of hydrogen-bond donors (Lipinski definition) is 2. The Hall–Kier alpha value is -3.75. The molecule has 0 unspecified atom stereocenters. The SMILES string of the molecule is C=C1/C(=C\C=C(/C)Oc2ccncn2)O[C@@H]2[C@@H](NC(=O)Nc3ccc(F)c(F)c3)[C@H]12. The van der Waals surface area contributed by atoms with Gasteiger partial charge in [0.2, 0.25) is 5.88 Å². The van der Waals surface area contributed by atoms with Gasteiger partial charge in [-0.3, -0.25) is 0 Å². The number of carbonyl (C=O) groups excluding carboxylic acids is 1. The molecule has 1 aromatic carbocycles. The van der Waals surface area contributed by atoms with Gasteiger partial charge in [-0.05, 0) is 36.8 Å². The Kier molecular flexibility index (Phi) is 5.18. The second-order valence-corrected chi connectivity index (χ2v) is 6.84. The molecule has 1 saturated heterocycles. The molecule has 0 spiro atoms. The first-order chi connectivity index (χ1) is 14.4. The summed E-state index contributed by atoms with van der Waals surface area (Å²) in [5, 5.41) is 5.22. The number of urea groups is 1. The van der Waals surface area contributed by atoms with Crippen LogP contribution in [0.25, 0.3) is 0 Å². The van der Waals surface area contributed by atoms with E-state index in [0.29, 0.717) is 17.4 Å². The summed E-state index contributed by atoms with van der Waals surface area (Å²) in [7, 11) is 0. The quantitative estimate of drug-likeness (QED) is 0.732. The molecule has 1 saturated carbocycles. The number of hydrogen-bond acceptors (Lipinski definition) is 5. The van der Waals surface area contributed by atoms with Crippen LogP contribution >= 0.6 is 0 Å². The molecule has 2 N–H and O–H groups in total. The number of carbonyl (C=O) groups is 1. The smallest absolute Gasteiger partial charge is 0.319 e. The third kappa shape index (κ3) is 4.14. The number of allylic oxidation sites excluding steroid dienone is 4. The maximum Gasteiger partial charge on any atom is 0.319 e. The monoisotopic (exact) mass is 412 g/mol. The number of benzene rings is 1. The van der Waals surface area contributed by atoms with Gasteiger partial charge in [-0.1, -0.05) is 6.58 Å². The number of fused-ring (bicyclic) bond motifs is 1.